The fourth-order valence-electron chi connectivity index (χ4n) is 11.0. The van der Waals surface area contributed by atoms with Crippen molar-refractivity contribution < 1.29 is 1.43 Å². The van der Waals surface area contributed by atoms with Crippen LogP contribution in [0.3, 0.4) is 0 Å². The lowest BCUT2D eigenvalue weighted by Crippen LogP contribution is -2.49. The monoisotopic (exact) mass is 573 g/mol. The molecule has 0 aromatic carbocycles. The van der Waals surface area contributed by atoms with Gasteiger partial charge in [-0.3, -0.25) is 5.10 Å². The molecule has 0 amide bonds. The quantitative estimate of drug-likeness (QED) is 0.279. The number of nitrogens with zero attached hydrogens (tertiary/aromatic N) is 5. The Balaban J connectivity index is 0.000000154. The molecular weight excluding hydrogens is 521 g/mol. The zero-order valence-electron chi connectivity index (χ0n) is 23.6. The summed E-state index contributed by atoms with van der Waals surface area (Å²) in [7, 11) is 0. The smallest absolute Gasteiger partial charge is 0.195 e. The van der Waals surface area contributed by atoms with E-state index in [1.807, 2.05) is 11.8 Å². The van der Waals surface area contributed by atoms with Gasteiger partial charge in [-0.15, -0.1) is 10.2 Å². The van der Waals surface area contributed by atoms with E-state index in [-0.39, 0.29) is 8.85 Å². The van der Waals surface area contributed by atoms with Gasteiger partial charge in [0.05, 0.1) is 0 Å². The highest BCUT2D eigenvalue weighted by Gasteiger charge is 2.55. The molecule has 8 saturated carbocycles. The van der Waals surface area contributed by atoms with Crippen molar-refractivity contribution in [2.24, 2.45) is 35.5 Å². The van der Waals surface area contributed by atoms with Crippen molar-refractivity contribution in [3.05, 3.63) is 16.4 Å². The number of H-pyrrole nitrogens is 1. The first-order valence-corrected chi connectivity index (χ1v) is 17.1. The highest BCUT2D eigenvalue weighted by atomic mass is 32.2. The van der Waals surface area contributed by atoms with Gasteiger partial charge in [-0.05, 0) is 144 Å². The molecule has 39 heavy (non-hydrogen) atoms. The van der Waals surface area contributed by atoms with E-state index < -0.39 is 0 Å². The van der Waals surface area contributed by atoms with Gasteiger partial charge in [-0.2, -0.15) is 5.10 Å². The van der Waals surface area contributed by atoms with Crippen molar-refractivity contribution in [1.82, 2.24) is 29.5 Å². The fourth-order valence-corrected chi connectivity index (χ4v) is 12.0. The van der Waals surface area contributed by atoms with Gasteiger partial charge in [0, 0.05) is 25.3 Å². The Bertz CT molecular complexity index is 1160. The van der Waals surface area contributed by atoms with Crippen LogP contribution in [0.4, 0.5) is 0 Å². The Morgan fingerprint density at radius 2 is 1.18 bits per heavy atom. The maximum Gasteiger partial charge on any atom is 0.195 e. The molecule has 6 nitrogen and oxygen atoms in total. The van der Waals surface area contributed by atoms with Crippen molar-refractivity contribution in [2.45, 2.75) is 134 Å². The van der Waals surface area contributed by atoms with E-state index in [4.69, 9.17) is 12.2 Å². The van der Waals surface area contributed by atoms with Crippen LogP contribution >= 0.6 is 24.0 Å². The van der Waals surface area contributed by atoms with Gasteiger partial charge < -0.3 is 9.13 Å². The summed E-state index contributed by atoms with van der Waals surface area (Å²) >= 11 is 7.21. The summed E-state index contributed by atoms with van der Waals surface area (Å²) in [5.74, 6) is 9.51. The van der Waals surface area contributed by atoms with Gasteiger partial charge in [-0.1, -0.05) is 26.1 Å². The first kappa shape index (κ1) is 28.0. The molecule has 8 heteroatoms. The number of hydrogen-bond donors (Lipinski definition) is 1. The summed E-state index contributed by atoms with van der Waals surface area (Å²) in [5, 5.41) is 18.0. The zero-order chi connectivity index (χ0) is 26.1. The number of aromatic amines is 1. The molecule has 0 atom stereocenters. The molecule has 218 valence electrons. The topological polar surface area (TPSA) is 64.3 Å². The number of nitrogens with one attached hydrogen (secondary N) is 1. The number of thioether (sulfide) groups is 1. The van der Waals surface area contributed by atoms with Crippen LogP contribution in [-0.4, -0.2) is 35.3 Å². The lowest BCUT2D eigenvalue weighted by molar-refractivity contribution is -0.0113. The van der Waals surface area contributed by atoms with Crippen LogP contribution in [0.5, 0.6) is 0 Å². The minimum Gasteiger partial charge on any atom is -0.306 e. The molecule has 2 heterocycles. The standard InChI is InChI=1S/C16H25N3S.C14H21N3S.CH4.H2/c1-3-19-14(17-18-15(19)20-4-2)16-8-11-5-12(9-16)7-13(6-11)10-16;1-2-17-12(15-16-13(17)18)14-6-9-3-10(7-14)5-11(4-9)8-14;;/h11-13H,3-10H2,1-2H3;9-11H,2-8H2,1H3,(H,16,18);1H4;1H/i;;;1+1. The molecule has 0 aliphatic heterocycles. The number of hydrogen-bond acceptors (Lipinski definition) is 5. The second-order valence-corrected chi connectivity index (χ2v) is 15.6. The summed E-state index contributed by atoms with van der Waals surface area (Å²) in [6, 6.07) is 0. The van der Waals surface area contributed by atoms with Crippen LogP contribution in [0, 0.1) is 40.3 Å². The van der Waals surface area contributed by atoms with Crippen LogP contribution in [0.1, 0.15) is 118 Å². The summed E-state index contributed by atoms with van der Waals surface area (Å²) in [4.78, 5) is 0. The Kier molecular flexibility index (Phi) is 7.61. The van der Waals surface area contributed by atoms with E-state index in [9.17, 15) is 0 Å². The molecule has 0 saturated heterocycles. The van der Waals surface area contributed by atoms with Crippen LogP contribution < -0.4 is 0 Å². The number of aromatic nitrogens is 6. The van der Waals surface area contributed by atoms with Gasteiger partial charge >= 0.3 is 0 Å². The van der Waals surface area contributed by atoms with E-state index in [0.717, 1.165) is 64.3 Å². The SMILES string of the molecule is C.CCSc1nnc(C23CC4CC(CC(C4)C2)C3)n1CC.CCn1c(C23CC4CC(CC(C4)C2)C3)n[nH]c1=S.[2HH]. The van der Waals surface area contributed by atoms with Crippen molar-refractivity contribution in [3.8, 4) is 0 Å². The van der Waals surface area contributed by atoms with Crippen LogP contribution in [0.2, 0.25) is 0 Å². The third-order valence-corrected chi connectivity index (χ3v) is 12.6. The minimum atomic E-state index is 0. The molecule has 2 aromatic rings. The molecular formula is C31H52N6S2. The molecule has 0 radical (unpaired) electrons. The van der Waals surface area contributed by atoms with Gasteiger partial charge in [0.2, 0.25) is 0 Å². The van der Waals surface area contributed by atoms with Gasteiger partial charge in [-0.25, -0.2) is 0 Å². The third kappa shape index (κ3) is 4.67. The van der Waals surface area contributed by atoms with Crippen LogP contribution in [0.15, 0.2) is 5.16 Å². The molecule has 8 aliphatic rings. The summed E-state index contributed by atoms with van der Waals surface area (Å²) in [6.07, 6.45) is 17.2. The van der Waals surface area contributed by atoms with E-state index in [2.05, 4.69) is 50.3 Å². The van der Waals surface area contributed by atoms with Crippen molar-refractivity contribution in [2.75, 3.05) is 5.75 Å². The van der Waals surface area contributed by atoms with Crippen molar-refractivity contribution in [3.63, 3.8) is 0 Å². The predicted octanol–water partition coefficient (Wildman–Crippen LogP) is 8.19. The van der Waals surface area contributed by atoms with Crippen molar-refractivity contribution >= 4 is 24.0 Å². The predicted molar refractivity (Wildman–Crippen MR) is 164 cm³/mol. The van der Waals surface area contributed by atoms with Gasteiger partial charge in [0.25, 0.3) is 0 Å². The maximum absolute atomic E-state index is 5.37. The van der Waals surface area contributed by atoms with E-state index >= 15 is 0 Å². The molecule has 8 aliphatic carbocycles. The fraction of sp³-hybridized carbons (Fsp3) is 0.871. The molecule has 8 fully saturated rings. The summed E-state index contributed by atoms with van der Waals surface area (Å²) < 4.78 is 5.47. The van der Waals surface area contributed by atoms with Crippen molar-refractivity contribution in [1.29, 1.82) is 0 Å². The van der Waals surface area contributed by atoms with Crippen LogP contribution in [0.25, 0.3) is 0 Å². The Morgan fingerprint density at radius 3 is 1.59 bits per heavy atom. The summed E-state index contributed by atoms with van der Waals surface area (Å²) in [5.41, 5.74) is 0.739. The average molecular weight is 574 g/mol. The lowest BCUT2D eigenvalue weighted by Gasteiger charge is -2.56. The van der Waals surface area contributed by atoms with Gasteiger partial charge in [0.15, 0.2) is 9.93 Å². The second-order valence-electron chi connectivity index (χ2n) is 14.0. The zero-order valence-corrected chi connectivity index (χ0v) is 25.3. The first-order valence-electron chi connectivity index (χ1n) is 15.7. The molecule has 2 aromatic heterocycles. The molecule has 0 spiro atoms. The molecule has 10 rings (SSSR count). The Labute approximate surface area is 246 Å². The minimum absolute atomic E-state index is 0. The average Bonchev–Trinajstić information content (AvgIpc) is 3.46. The maximum atomic E-state index is 5.37. The largest absolute Gasteiger partial charge is 0.306 e. The second kappa shape index (κ2) is 10.6. The highest BCUT2D eigenvalue weighted by molar-refractivity contribution is 7.99. The lowest BCUT2D eigenvalue weighted by atomic mass is 9.49. The third-order valence-electron chi connectivity index (χ3n) is 11.4. The highest BCUT2D eigenvalue weighted by Crippen LogP contribution is 2.61. The van der Waals surface area contributed by atoms with E-state index in [0.29, 0.717) is 10.8 Å². The Morgan fingerprint density at radius 1 is 0.744 bits per heavy atom. The Hall–Kier alpha value is -1.15. The normalized spacial score (nSPS) is 38.9. The first-order chi connectivity index (χ1) is 18.4. The number of rotatable bonds is 6. The van der Waals surface area contributed by atoms with E-state index in [1.54, 1.807) is 0 Å². The van der Waals surface area contributed by atoms with Crippen LogP contribution in [-0.2, 0) is 23.9 Å². The molecule has 8 bridgehead atoms. The van der Waals surface area contributed by atoms with Gasteiger partial charge in [0.1, 0.15) is 11.6 Å². The summed E-state index contributed by atoms with van der Waals surface area (Å²) in [6.45, 7) is 8.59. The molecule has 0 unspecified atom stereocenters. The van der Waals surface area contributed by atoms with E-state index in [1.165, 1.54) is 88.7 Å². The molecule has 1 N–H and O–H groups in total.